The van der Waals surface area contributed by atoms with Crippen molar-refractivity contribution in [2.24, 2.45) is 0 Å². The molecule has 6 heteroatoms. The number of nitrogens with one attached hydrogen (secondary N) is 2. The summed E-state index contributed by atoms with van der Waals surface area (Å²) in [6.07, 6.45) is 6.19. The lowest BCUT2D eigenvalue weighted by atomic mass is 10.2. The predicted octanol–water partition coefficient (Wildman–Crippen LogP) is 1.97. The molecule has 0 saturated carbocycles. The summed E-state index contributed by atoms with van der Waals surface area (Å²) in [5, 5.41) is 14.2. The third-order valence-corrected chi connectivity index (χ3v) is 2.71. The topological polar surface area (TPSA) is 82.7 Å². The lowest BCUT2D eigenvalue weighted by molar-refractivity contribution is 0.252. The number of benzene rings is 1. The molecule has 2 N–H and O–H groups in total. The molecule has 2 amide bonds. The van der Waals surface area contributed by atoms with Gasteiger partial charge in [-0.1, -0.05) is 0 Å². The van der Waals surface area contributed by atoms with Gasteiger partial charge in [-0.15, -0.1) is 0 Å². The zero-order valence-corrected chi connectivity index (χ0v) is 10.9. The van der Waals surface area contributed by atoms with Crippen molar-refractivity contribution in [3.05, 3.63) is 48.5 Å². The van der Waals surface area contributed by atoms with Gasteiger partial charge in [0.05, 0.1) is 18.0 Å². The van der Waals surface area contributed by atoms with E-state index in [1.807, 2.05) is 16.8 Å². The highest BCUT2D eigenvalue weighted by Crippen LogP contribution is 2.08. The van der Waals surface area contributed by atoms with Crippen LogP contribution >= 0.6 is 0 Å². The number of hydrogen-bond donors (Lipinski definition) is 2. The minimum atomic E-state index is -0.250. The van der Waals surface area contributed by atoms with E-state index < -0.39 is 0 Å². The summed E-state index contributed by atoms with van der Waals surface area (Å²) in [6, 6.07) is 8.50. The molecule has 2 aromatic rings. The van der Waals surface area contributed by atoms with E-state index in [1.54, 1.807) is 36.8 Å². The maximum Gasteiger partial charge on any atom is 0.319 e. The predicted molar refractivity (Wildman–Crippen MR) is 75.0 cm³/mol. The minimum absolute atomic E-state index is 0.250. The summed E-state index contributed by atoms with van der Waals surface area (Å²) in [6.45, 7) is 1.40. The molecule has 1 aromatic heterocycles. The first-order valence-electron chi connectivity index (χ1n) is 6.29. The second-order valence-corrected chi connectivity index (χ2v) is 4.22. The van der Waals surface area contributed by atoms with Crippen LogP contribution in [0.5, 0.6) is 0 Å². The number of amides is 2. The molecule has 0 aliphatic rings. The fourth-order valence-electron chi connectivity index (χ4n) is 1.69. The van der Waals surface area contributed by atoms with E-state index in [9.17, 15) is 4.79 Å². The number of urea groups is 1. The van der Waals surface area contributed by atoms with Gasteiger partial charge in [0, 0.05) is 31.2 Å². The number of nitrogens with zero attached hydrogens (tertiary/aromatic N) is 3. The summed E-state index contributed by atoms with van der Waals surface area (Å²) >= 11 is 0. The van der Waals surface area contributed by atoms with Crippen molar-refractivity contribution in [2.45, 2.75) is 13.0 Å². The SMILES string of the molecule is N#Cc1ccc(NC(=O)NCCCn2ccnc2)cc1. The molecule has 6 nitrogen and oxygen atoms in total. The van der Waals surface area contributed by atoms with Crippen molar-refractivity contribution < 1.29 is 4.79 Å². The van der Waals surface area contributed by atoms with Gasteiger partial charge in [-0.2, -0.15) is 5.26 Å². The normalized spacial score (nSPS) is 9.75. The molecule has 1 heterocycles. The summed E-state index contributed by atoms with van der Waals surface area (Å²) in [7, 11) is 0. The summed E-state index contributed by atoms with van der Waals surface area (Å²) in [4.78, 5) is 15.6. The van der Waals surface area contributed by atoms with E-state index >= 15 is 0 Å². The molecular weight excluding hydrogens is 254 g/mol. The first-order valence-corrected chi connectivity index (χ1v) is 6.29. The number of carbonyl (C=O) groups is 1. The Bertz CT molecular complexity index is 583. The third kappa shape index (κ3) is 4.14. The molecule has 0 spiro atoms. The second-order valence-electron chi connectivity index (χ2n) is 4.22. The average Bonchev–Trinajstić information content (AvgIpc) is 2.98. The molecule has 0 saturated heterocycles. The van der Waals surface area contributed by atoms with E-state index in [2.05, 4.69) is 15.6 Å². The molecule has 0 aliphatic heterocycles. The highest BCUT2D eigenvalue weighted by molar-refractivity contribution is 5.89. The first kappa shape index (κ1) is 13.6. The van der Waals surface area contributed by atoms with Crippen LogP contribution in [0.25, 0.3) is 0 Å². The lowest BCUT2D eigenvalue weighted by Gasteiger charge is -2.07. The third-order valence-electron chi connectivity index (χ3n) is 2.71. The van der Waals surface area contributed by atoms with Crippen LogP contribution in [-0.2, 0) is 6.54 Å². The fourth-order valence-corrected chi connectivity index (χ4v) is 1.69. The van der Waals surface area contributed by atoms with Crippen LogP contribution < -0.4 is 10.6 Å². The highest BCUT2D eigenvalue weighted by Gasteiger charge is 2.01. The van der Waals surface area contributed by atoms with Crippen molar-refractivity contribution >= 4 is 11.7 Å². The number of aromatic nitrogens is 2. The van der Waals surface area contributed by atoms with Gasteiger partial charge >= 0.3 is 6.03 Å². The number of imidazole rings is 1. The Morgan fingerprint density at radius 1 is 1.35 bits per heavy atom. The average molecular weight is 269 g/mol. The van der Waals surface area contributed by atoms with E-state index in [4.69, 9.17) is 5.26 Å². The van der Waals surface area contributed by atoms with Gasteiger partial charge < -0.3 is 15.2 Å². The largest absolute Gasteiger partial charge is 0.338 e. The Morgan fingerprint density at radius 3 is 2.80 bits per heavy atom. The van der Waals surface area contributed by atoms with Crippen LogP contribution in [0.2, 0.25) is 0 Å². The van der Waals surface area contributed by atoms with Crippen LogP contribution in [0, 0.1) is 11.3 Å². The van der Waals surface area contributed by atoms with Crippen molar-refractivity contribution in [1.82, 2.24) is 14.9 Å². The van der Waals surface area contributed by atoms with E-state index in [1.165, 1.54) is 0 Å². The molecule has 0 aliphatic carbocycles. The summed E-state index contributed by atoms with van der Waals surface area (Å²) < 4.78 is 1.96. The van der Waals surface area contributed by atoms with Gasteiger partial charge in [0.1, 0.15) is 0 Å². The maximum absolute atomic E-state index is 11.6. The van der Waals surface area contributed by atoms with Crippen LogP contribution in [-0.4, -0.2) is 22.1 Å². The van der Waals surface area contributed by atoms with Gasteiger partial charge in [0.25, 0.3) is 0 Å². The van der Waals surface area contributed by atoms with E-state index in [0.717, 1.165) is 13.0 Å². The molecule has 2 rings (SSSR count). The van der Waals surface area contributed by atoms with Gasteiger partial charge in [-0.05, 0) is 30.7 Å². The molecular formula is C14H15N5O. The Kier molecular flexibility index (Phi) is 4.73. The Hall–Kier alpha value is -2.81. The van der Waals surface area contributed by atoms with Crippen molar-refractivity contribution in [3.8, 4) is 6.07 Å². The number of hydrogen-bond acceptors (Lipinski definition) is 3. The van der Waals surface area contributed by atoms with E-state index in [0.29, 0.717) is 17.8 Å². The summed E-state index contributed by atoms with van der Waals surface area (Å²) in [5.41, 5.74) is 1.23. The summed E-state index contributed by atoms with van der Waals surface area (Å²) in [5.74, 6) is 0. The van der Waals surface area contributed by atoms with Gasteiger partial charge in [-0.3, -0.25) is 0 Å². The first-order chi connectivity index (χ1) is 9.78. The zero-order valence-electron chi connectivity index (χ0n) is 10.9. The van der Waals surface area contributed by atoms with Crippen molar-refractivity contribution in [1.29, 1.82) is 5.26 Å². The highest BCUT2D eigenvalue weighted by atomic mass is 16.2. The van der Waals surface area contributed by atoms with E-state index in [-0.39, 0.29) is 6.03 Å². The molecule has 0 atom stereocenters. The lowest BCUT2D eigenvalue weighted by Crippen LogP contribution is -2.30. The molecule has 102 valence electrons. The zero-order chi connectivity index (χ0) is 14.2. The van der Waals surface area contributed by atoms with Crippen LogP contribution in [0.4, 0.5) is 10.5 Å². The molecule has 0 bridgehead atoms. The molecule has 1 aromatic carbocycles. The standard InChI is InChI=1S/C14H15N5O/c15-10-12-2-4-13(5-3-12)18-14(20)17-6-1-8-19-9-7-16-11-19/h2-5,7,9,11H,1,6,8H2,(H2,17,18,20). The van der Waals surface area contributed by atoms with Crippen LogP contribution in [0.3, 0.4) is 0 Å². The minimum Gasteiger partial charge on any atom is -0.338 e. The Labute approximate surface area is 117 Å². The van der Waals surface area contributed by atoms with Gasteiger partial charge in [-0.25, -0.2) is 9.78 Å². The number of carbonyl (C=O) groups excluding carboxylic acids is 1. The number of aryl methyl sites for hydroxylation is 1. The Balaban J connectivity index is 1.68. The number of nitriles is 1. The Morgan fingerprint density at radius 2 is 2.15 bits per heavy atom. The van der Waals surface area contributed by atoms with Crippen molar-refractivity contribution in [3.63, 3.8) is 0 Å². The monoisotopic (exact) mass is 269 g/mol. The fraction of sp³-hybridized carbons (Fsp3) is 0.214. The van der Waals surface area contributed by atoms with Crippen LogP contribution in [0.1, 0.15) is 12.0 Å². The number of anilines is 1. The van der Waals surface area contributed by atoms with Crippen LogP contribution in [0.15, 0.2) is 43.0 Å². The number of rotatable bonds is 5. The molecule has 0 radical (unpaired) electrons. The van der Waals surface area contributed by atoms with Gasteiger partial charge in [0.15, 0.2) is 0 Å². The maximum atomic E-state index is 11.6. The molecule has 0 unspecified atom stereocenters. The van der Waals surface area contributed by atoms with Crippen molar-refractivity contribution in [2.75, 3.05) is 11.9 Å². The smallest absolute Gasteiger partial charge is 0.319 e. The van der Waals surface area contributed by atoms with Gasteiger partial charge in [0.2, 0.25) is 0 Å². The molecule has 0 fully saturated rings. The molecule has 20 heavy (non-hydrogen) atoms. The quantitative estimate of drug-likeness (QED) is 0.814. The second kappa shape index (κ2) is 6.95.